The van der Waals surface area contributed by atoms with E-state index in [9.17, 15) is 15.0 Å². The average molecular weight is 209 g/mol. The summed E-state index contributed by atoms with van der Waals surface area (Å²) in [7, 11) is 0. The second kappa shape index (κ2) is 2.55. The van der Waals surface area contributed by atoms with Crippen molar-refractivity contribution in [2.75, 3.05) is 5.32 Å². The molecule has 0 aromatic carbocycles. The van der Waals surface area contributed by atoms with Crippen LogP contribution in [-0.4, -0.2) is 49.4 Å². The third-order valence-corrected chi connectivity index (χ3v) is 2.31. The minimum Gasteiger partial charge on any atom is -0.369 e. The number of nitrogens with one attached hydrogen (secondary N) is 2. The molecule has 2 atom stereocenters. The van der Waals surface area contributed by atoms with Crippen LogP contribution in [0.3, 0.4) is 0 Å². The Labute approximate surface area is 83.3 Å². The number of anilines is 1. The third-order valence-electron chi connectivity index (χ3n) is 2.31. The van der Waals surface area contributed by atoms with Gasteiger partial charge in [-0.05, 0) is 0 Å². The lowest BCUT2D eigenvalue weighted by Crippen LogP contribution is -2.49. The minimum absolute atomic E-state index is 0.122. The van der Waals surface area contributed by atoms with Crippen LogP contribution in [0.5, 0.6) is 0 Å². The van der Waals surface area contributed by atoms with Gasteiger partial charge in [0.05, 0.1) is 6.33 Å². The molecule has 8 nitrogen and oxygen atoms in total. The van der Waals surface area contributed by atoms with Crippen LogP contribution in [0.15, 0.2) is 11.3 Å². The van der Waals surface area contributed by atoms with Gasteiger partial charge in [-0.3, -0.25) is 4.79 Å². The average Bonchev–Trinajstić information content (AvgIpc) is 2.74. The Bertz CT molecular complexity index is 467. The summed E-state index contributed by atoms with van der Waals surface area (Å²) in [6, 6.07) is 0. The van der Waals surface area contributed by atoms with E-state index in [4.69, 9.17) is 0 Å². The molecule has 0 aliphatic carbocycles. The largest absolute Gasteiger partial charge is 0.369 e. The number of rotatable bonds is 0. The normalized spacial score (nSPS) is 28.3. The van der Waals surface area contributed by atoms with Gasteiger partial charge < -0.3 is 20.5 Å². The molecular weight excluding hydrogens is 202 g/mol. The molecule has 3 heterocycles. The Morgan fingerprint density at radius 3 is 3.07 bits per heavy atom. The number of amides is 1. The first-order valence-corrected chi connectivity index (χ1v) is 4.26. The number of fused-ring (bicyclic) bond motifs is 2. The third kappa shape index (κ3) is 0.941. The molecule has 3 rings (SSSR count). The summed E-state index contributed by atoms with van der Waals surface area (Å²) < 4.78 is 0. The lowest BCUT2D eigenvalue weighted by atomic mass is 10.3. The van der Waals surface area contributed by atoms with Crippen LogP contribution in [0.4, 0.5) is 5.82 Å². The van der Waals surface area contributed by atoms with Crippen molar-refractivity contribution in [3.8, 4) is 0 Å². The summed E-state index contributed by atoms with van der Waals surface area (Å²) in [4.78, 5) is 22.9. The van der Waals surface area contributed by atoms with Crippen LogP contribution < -0.4 is 5.32 Å². The number of hydrogen-bond donors (Lipinski definition) is 4. The second-order valence-corrected chi connectivity index (χ2v) is 3.21. The number of guanidine groups is 1. The Morgan fingerprint density at radius 1 is 1.47 bits per heavy atom. The van der Waals surface area contributed by atoms with Crippen molar-refractivity contribution in [2.24, 2.45) is 4.99 Å². The molecular formula is C7H7N5O3. The Kier molecular flexibility index (Phi) is 1.43. The number of aromatic nitrogens is 2. The molecule has 78 valence electrons. The number of carbonyl (C=O) groups is 1. The number of nitrogens with zero attached hydrogens (tertiary/aromatic N) is 3. The maximum absolute atomic E-state index is 11.8. The molecule has 0 fully saturated rings. The molecule has 1 aromatic rings. The SMILES string of the molecule is O=C1c2nc[nH]c2NC2=NC(O)C(O)N12. The molecule has 15 heavy (non-hydrogen) atoms. The van der Waals surface area contributed by atoms with Crippen LogP contribution in [0, 0.1) is 0 Å². The Hall–Kier alpha value is -1.93. The van der Waals surface area contributed by atoms with Gasteiger partial charge in [-0.15, -0.1) is 0 Å². The zero-order valence-electron chi connectivity index (χ0n) is 7.38. The van der Waals surface area contributed by atoms with Crippen molar-refractivity contribution < 1.29 is 15.0 Å². The second-order valence-electron chi connectivity index (χ2n) is 3.21. The van der Waals surface area contributed by atoms with Crippen LogP contribution in [0.25, 0.3) is 0 Å². The van der Waals surface area contributed by atoms with E-state index in [0.717, 1.165) is 4.90 Å². The van der Waals surface area contributed by atoms with Gasteiger partial charge in [0.25, 0.3) is 5.91 Å². The highest BCUT2D eigenvalue weighted by Crippen LogP contribution is 2.25. The smallest absolute Gasteiger partial charge is 0.285 e. The lowest BCUT2D eigenvalue weighted by Gasteiger charge is -2.26. The summed E-state index contributed by atoms with van der Waals surface area (Å²) in [6.07, 6.45) is -1.31. The fourth-order valence-corrected chi connectivity index (χ4v) is 1.60. The number of aliphatic hydroxyl groups excluding tert-OH is 2. The lowest BCUT2D eigenvalue weighted by molar-refractivity contribution is -0.0239. The molecule has 2 aliphatic heterocycles. The van der Waals surface area contributed by atoms with E-state index in [1.54, 1.807) is 0 Å². The molecule has 4 N–H and O–H groups in total. The summed E-state index contributed by atoms with van der Waals surface area (Å²) in [5.74, 6) is 0.0425. The molecule has 1 aromatic heterocycles. The highest BCUT2D eigenvalue weighted by molar-refractivity contribution is 6.16. The number of hydrogen-bond acceptors (Lipinski definition) is 6. The number of aliphatic hydroxyl groups is 2. The van der Waals surface area contributed by atoms with Crippen molar-refractivity contribution in [1.82, 2.24) is 14.9 Å². The molecule has 8 heteroatoms. The number of H-pyrrole nitrogens is 1. The zero-order chi connectivity index (χ0) is 10.6. The summed E-state index contributed by atoms with van der Waals surface area (Å²) in [5, 5.41) is 21.5. The molecule has 0 spiro atoms. The maximum atomic E-state index is 11.8. The van der Waals surface area contributed by atoms with Gasteiger partial charge in [0.1, 0.15) is 5.82 Å². The fourth-order valence-electron chi connectivity index (χ4n) is 1.60. The number of imidazole rings is 1. The topological polar surface area (TPSA) is 114 Å². The standard InChI is InChI=1S/C7H7N5O3/c13-4-6(15)12-5(14)2-3(9-1-8-2)10-7(12)11-4/h1,4,6,13,15H,(H,8,9)(H,10,11). The van der Waals surface area contributed by atoms with Crippen LogP contribution in [-0.2, 0) is 0 Å². The van der Waals surface area contributed by atoms with Gasteiger partial charge in [-0.1, -0.05) is 0 Å². The molecule has 1 amide bonds. The monoisotopic (exact) mass is 209 g/mol. The van der Waals surface area contributed by atoms with Crippen LogP contribution >= 0.6 is 0 Å². The van der Waals surface area contributed by atoms with Crippen molar-refractivity contribution in [1.29, 1.82) is 0 Å². The van der Waals surface area contributed by atoms with Gasteiger partial charge in [0.15, 0.2) is 18.1 Å². The maximum Gasteiger partial charge on any atom is 0.285 e. The minimum atomic E-state index is -1.36. The first kappa shape index (κ1) is 8.38. The summed E-state index contributed by atoms with van der Waals surface area (Å²) >= 11 is 0. The predicted octanol–water partition coefficient (Wildman–Crippen LogP) is -1.72. The molecule has 0 bridgehead atoms. The van der Waals surface area contributed by atoms with E-state index in [1.165, 1.54) is 6.33 Å². The highest BCUT2D eigenvalue weighted by atomic mass is 16.4. The van der Waals surface area contributed by atoms with Crippen molar-refractivity contribution in [3.05, 3.63) is 12.0 Å². The summed E-state index contributed by atoms with van der Waals surface area (Å²) in [6.45, 7) is 0. The van der Waals surface area contributed by atoms with Crippen molar-refractivity contribution in [3.63, 3.8) is 0 Å². The zero-order valence-corrected chi connectivity index (χ0v) is 7.38. The molecule has 0 radical (unpaired) electrons. The fraction of sp³-hybridized carbons (Fsp3) is 0.286. The first-order chi connectivity index (χ1) is 7.18. The molecule has 2 aliphatic rings. The Balaban J connectivity index is 2.10. The van der Waals surface area contributed by atoms with Gasteiger partial charge in [-0.25, -0.2) is 14.9 Å². The van der Waals surface area contributed by atoms with Crippen molar-refractivity contribution >= 4 is 17.7 Å². The summed E-state index contributed by atoms with van der Waals surface area (Å²) in [5.41, 5.74) is 0.169. The van der Waals surface area contributed by atoms with E-state index < -0.39 is 18.4 Å². The van der Waals surface area contributed by atoms with Crippen LogP contribution in [0.1, 0.15) is 10.5 Å². The van der Waals surface area contributed by atoms with E-state index in [-0.39, 0.29) is 11.7 Å². The highest BCUT2D eigenvalue weighted by Gasteiger charge is 2.43. The first-order valence-electron chi connectivity index (χ1n) is 4.26. The quantitative estimate of drug-likeness (QED) is 0.406. The van der Waals surface area contributed by atoms with E-state index in [0.29, 0.717) is 5.82 Å². The van der Waals surface area contributed by atoms with Gasteiger partial charge >= 0.3 is 0 Å². The number of aliphatic imine (C=N–C) groups is 1. The molecule has 0 saturated heterocycles. The predicted molar refractivity (Wildman–Crippen MR) is 47.8 cm³/mol. The number of carbonyl (C=O) groups excluding carboxylic acids is 1. The molecule has 2 unspecified atom stereocenters. The van der Waals surface area contributed by atoms with E-state index in [2.05, 4.69) is 20.3 Å². The van der Waals surface area contributed by atoms with Crippen molar-refractivity contribution in [2.45, 2.75) is 12.5 Å². The van der Waals surface area contributed by atoms with Crippen LogP contribution in [0.2, 0.25) is 0 Å². The number of aromatic amines is 1. The van der Waals surface area contributed by atoms with Gasteiger partial charge in [0, 0.05) is 0 Å². The van der Waals surface area contributed by atoms with E-state index in [1.807, 2.05) is 0 Å². The van der Waals surface area contributed by atoms with Gasteiger partial charge in [-0.2, -0.15) is 0 Å². The van der Waals surface area contributed by atoms with Gasteiger partial charge in [0.2, 0.25) is 5.96 Å². The Morgan fingerprint density at radius 2 is 2.27 bits per heavy atom. The van der Waals surface area contributed by atoms with E-state index >= 15 is 0 Å². The molecule has 0 saturated carbocycles.